The second-order valence-electron chi connectivity index (χ2n) is 4.48. The van der Waals surface area contributed by atoms with Crippen LogP contribution >= 0.6 is 0 Å². The smallest absolute Gasteiger partial charge is 0.334 e. The number of rotatable bonds is 3. The lowest BCUT2D eigenvalue weighted by Crippen LogP contribution is -2.43. The maximum absolute atomic E-state index is 11.8. The van der Waals surface area contributed by atoms with E-state index in [-0.39, 0.29) is 0 Å². The van der Waals surface area contributed by atoms with Gasteiger partial charge in [-0.25, -0.2) is 9.80 Å². The zero-order chi connectivity index (χ0) is 13.9. The van der Waals surface area contributed by atoms with Crippen molar-refractivity contribution in [3.63, 3.8) is 0 Å². The monoisotopic (exact) mass is 266 g/mol. The molecular weight excluding hydrogens is 252 g/mol. The van der Waals surface area contributed by atoms with Gasteiger partial charge >= 0.3 is 6.03 Å². The average Bonchev–Trinajstić information content (AvgIpc) is 2.89. The number of nitrogens with zero attached hydrogens (tertiary/aromatic N) is 3. The van der Waals surface area contributed by atoms with Crippen LogP contribution in [0, 0.1) is 0 Å². The third kappa shape index (κ3) is 2.21. The first-order valence-corrected chi connectivity index (χ1v) is 6.28. The minimum Gasteiger partial charge on any atom is -0.350 e. The lowest BCUT2D eigenvalue weighted by molar-refractivity contribution is 0.248. The van der Waals surface area contributed by atoms with Crippen LogP contribution in [0.2, 0.25) is 0 Å². The predicted octanol–water partition coefficient (Wildman–Crippen LogP) is 2.25. The van der Waals surface area contributed by atoms with Crippen LogP contribution in [0.5, 0.6) is 0 Å². The number of carbonyl (C=O) groups is 1. The Morgan fingerprint density at radius 3 is 2.80 bits per heavy atom. The van der Waals surface area contributed by atoms with Gasteiger partial charge in [-0.15, -0.1) is 0 Å². The minimum atomic E-state index is -0.504. The largest absolute Gasteiger partial charge is 0.350 e. The molecule has 3 rings (SSSR count). The fourth-order valence-corrected chi connectivity index (χ4v) is 2.20. The van der Waals surface area contributed by atoms with E-state index >= 15 is 0 Å². The van der Waals surface area contributed by atoms with Crippen LogP contribution in [0.25, 0.3) is 10.9 Å². The van der Waals surface area contributed by atoms with Crippen molar-refractivity contribution >= 4 is 16.9 Å². The maximum Gasteiger partial charge on any atom is 0.334 e. The number of pyridine rings is 1. The molecule has 3 aromatic rings. The highest BCUT2D eigenvalue weighted by atomic mass is 16.2. The van der Waals surface area contributed by atoms with Gasteiger partial charge in [-0.2, -0.15) is 0 Å². The number of hydrogen-bond donors (Lipinski definition) is 1. The number of primary amides is 1. The molecule has 5 heteroatoms. The summed E-state index contributed by atoms with van der Waals surface area (Å²) < 4.78 is 1.77. The van der Waals surface area contributed by atoms with E-state index in [2.05, 4.69) is 4.98 Å². The van der Waals surface area contributed by atoms with E-state index in [4.69, 9.17) is 5.73 Å². The lowest BCUT2D eigenvalue weighted by Gasteiger charge is -2.22. The Morgan fingerprint density at radius 2 is 2.05 bits per heavy atom. The van der Waals surface area contributed by atoms with Gasteiger partial charge in [-0.05, 0) is 23.8 Å². The van der Waals surface area contributed by atoms with Gasteiger partial charge in [0.25, 0.3) is 0 Å². The quantitative estimate of drug-likeness (QED) is 0.790. The first kappa shape index (κ1) is 12.2. The molecule has 5 nitrogen and oxygen atoms in total. The molecule has 0 bridgehead atoms. The van der Waals surface area contributed by atoms with Crippen molar-refractivity contribution in [3.8, 4) is 0 Å². The average molecular weight is 266 g/mol. The summed E-state index contributed by atoms with van der Waals surface area (Å²) in [4.78, 5) is 15.8. The molecule has 0 unspecified atom stereocenters. The fraction of sp³-hybridized carbons (Fsp3) is 0.0667. The zero-order valence-corrected chi connectivity index (χ0v) is 10.8. The molecular formula is C15H14N4O. The molecule has 2 heterocycles. The number of amides is 2. The van der Waals surface area contributed by atoms with Gasteiger partial charge in [0, 0.05) is 24.0 Å². The molecule has 0 aliphatic heterocycles. The SMILES string of the molecule is NC(=O)N(Cc1cccnc1)n1ccc2ccccc21. The van der Waals surface area contributed by atoms with Crippen LogP contribution in [-0.4, -0.2) is 15.7 Å². The summed E-state index contributed by atoms with van der Waals surface area (Å²) in [6.45, 7) is 0.377. The van der Waals surface area contributed by atoms with E-state index in [0.717, 1.165) is 16.5 Å². The highest BCUT2D eigenvalue weighted by molar-refractivity contribution is 5.87. The molecule has 2 N–H and O–H groups in total. The van der Waals surface area contributed by atoms with Gasteiger partial charge in [0.2, 0.25) is 0 Å². The van der Waals surface area contributed by atoms with Gasteiger partial charge in [0.05, 0.1) is 12.1 Å². The van der Waals surface area contributed by atoms with Gasteiger partial charge in [0.15, 0.2) is 0 Å². The topological polar surface area (TPSA) is 64.2 Å². The molecule has 100 valence electrons. The maximum atomic E-state index is 11.8. The van der Waals surface area contributed by atoms with E-state index in [1.807, 2.05) is 48.7 Å². The summed E-state index contributed by atoms with van der Waals surface area (Å²) >= 11 is 0. The van der Waals surface area contributed by atoms with Crippen LogP contribution in [-0.2, 0) is 6.54 Å². The Hall–Kier alpha value is -2.82. The standard InChI is InChI=1S/C15H14N4O/c16-15(20)19(11-12-4-3-8-17-10-12)18-9-7-13-5-1-2-6-14(13)18/h1-10H,11H2,(H2,16,20). The summed E-state index contributed by atoms with van der Waals surface area (Å²) in [6, 6.07) is 13.0. The summed E-state index contributed by atoms with van der Waals surface area (Å²) in [5, 5.41) is 2.55. The normalized spacial score (nSPS) is 10.6. The van der Waals surface area contributed by atoms with Crippen LogP contribution in [0.1, 0.15) is 5.56 Å². The number of para-hydroxylation sites is 1. The van der Waals surface area contributed by atoms with E-state index in [9.17, 15) is 4.79 Å². The zero-order valence-electron chi connectivity index (χ0n) is 10.8. The summed E-state index contributed by atoms with van der Waals surface area (Å²) in [6.07, 6.45) is 5.26. The van der Waals surface area contributed by atoms with Crippen molar-refractivity contribution in [2.24, 2.45) is 5.73 Å². The number of nitrogens with two attached hydrogens (primary N) is 1. The van der Waals surface area contributed by atoms with Crippen molar-refractivity contribution in [3.05, 3.63) is 66.6 Å². The van der Waals surface area contributed by atoms with Gasteiger partial charge in [-0.3, -0.25) is 9.66 Å². The summed E-state index contributed by atoms with van der Waals surface area (Å²) in [5.74, 6) is 0. The number of carbonyl (C=O) groups excluding carboxylic acids is 1. The van der Waals surface area contributed by atoms with Gasteiger partial charge in [-0.1, -0.05) is 24.3 Å². The molecule has 0 aliphatic rings. The number of aromatic nitrogens is 2. The Morgan fingerprint density at radius 1 is 1.20 bits per heavy atom. The molecule has 1 aromatic carbocycles. The number of urea groups is 1. The number of hydrogen-bond acceptors (Lipinski definition) is 2. The molecule has 0 saturated carbocycles. The fourth-order valence-electron chi connectivity index (χ4n) is 2.20. The van der Waals surface area contributed by atoms with Crippen LogP contribution in [0.15, 0.2) is 61.1 Å². The molecule has 0 aliphatic carbocycles. The van der Waals surface area contributed by atoms with Crippen LogP contribution < -0.4 is 10.7 Å². The molecule has 0 spiro atoms. The molecule has 2 amide bonds. The third-order valence-corrected chi connectivity index (χ3v) is 3.15. The molecule has 20 heavy (non-hydrogen) atoms. The minimum absolute atomic E-state index is 0.377. The molecule has 0 radical (unpaired) electrons. The highest BCUT2D eigenvalue weighted by Crippen LogP contribution is 2.16. The van der Waals surface area contributed by atoms with Gasteiger partial charge < -0.3 is 5.73 Å². The van der Waals surface area contributed by atoms with Crippen LogP contribution in [0.4, 0.5) is 4.79 Å². The Labute approximate surface area is 116 Å². The predicted molar refractivity (Wildman–Crippen MR) is 77.7 cm³/mol. The Balaban J connectivity index is 2.01. The lowest BCUT2D eigenvalue weighted by atomic mass is 10.2. The van der Waals surface area contributed by atoms with E-state index in [1.54, 1.807) is 17.1 Å². The number of benzene rings is 1. The highest BCUT2D eigenvalue weighted by Gasteiger charge is 2.14. The Bertz CT molecular complexity index is 736. The summed E-state index contributed by atoms with van der Waals surface area (Å²) in [5.41, 5.74) is 7.37. The van der Waals surface area contributed by atoms with Crippen molar-refractivity contribution in [2.75, 3.05) is 5.01 Å². The van der Waals surface area contributed by atoms with E-state index in [1.165, 1.54) is 5.01 Å². The Kier molecular flexibility index (Phi) is 3.09. The first-order chi connectivity index (χ1) is 9.75. The van der Waals surface area contributed by atoms with Gasteiger partial charge in [0.1, 0.15) is 0 Å². The number of fused-ring (bicyclic) bond motifs is 1. The van der Waals surface area contributed by atoms with Crippen molar-refractivity contribution in [1.29, 1.82) is 0 Å². The van der Waals surface area contributed by atoms with E-state index in [0.29, 0.717) is 6.54 Å². The van der Waals surface area contributed by atoms with Crippen LogP contribution in [0.3, 0.4) is 0 Å². The van der Waals surface area contributed by atoms with E-state index < -0.39 is 6.03 Å². The second-order valence-corrected chi connectivity index (χ2v) is 4.48. The molecule has 0 saturated heterocycles. The first-order valence-electron chi connectivity index (χ1n) is 6.28. The third-order valence-electron chi connectivity index (χ3n) is 3.15. The van der Waals surface area contributed by atoms with Crippen molar-refractivity contribution in [1.82, 2.24) is 9.66 Å². The second kappa shape index (κ2) is 5.05. The van der Waals surface area contributed by atoms with Crippen molar-refractivity contribution < 1.29 is 4.79 Å². The summed E-state index contributed by atoms with van der Waals surface area (Å²) in [7, 11) is 0. The molecule has 0 fully saturated rings. The molecule has 0 atom stereocenters. The molecule has 2 aromatic heterocycles. The van der Waals surface area contributed by atoms with Crippen molar-refractivity contribution in [2.45, 2.75) is 6.54 Å².